The second kappa shape index (κ2) is 4.21. The topological polar surface area (TPSA) is 42.0 Å². The van der Waals surface area contributed by atoms with Gasteiger partial charge in [0.1, 0.15) is 5.69 Å². The Bertz CT molecular complexity index is 244. The highest BCUT2D eigenvalue weighted by molar-refractivity contribution is 7.07. The quantitative estimate of drug-likeness (QED) is 0.774. The molecule has 0 aliphatic rings. The van der Waals surface area contributed by atoms with E-state index in [0.717, 1.165) is 0 Å². The molecule has 1 amide bonds. The van der Waals surface area contributed by atoms with Gasteiger partial charge in [-0.05, 0) is 5.92 Å². The van der Waals surface area contributed by atoms with E-state index >= 15 is 0 Å². The normalized spacial score (nSPS) is 10.2. The summed E-state index contributed by atoms with van der Waals surface area (Å²) in [5.74, 6) is 0.400. The molecule has 0 fully saturated rings. The second-order valence-corrected chi connectivity index (χ2v) is 3.70. The van der Waals surface area contributed by atoms with Gasteiger partial charge in [-0.25, -0.2) is 4.98 Å². The number of nitrogens with zero attached hydrogens (tertiary/aromatic N) is 1. The largest absolute Gasteiger partial charge is 0.350 e. The maximum Gasteiger partial charge on any atom is 0.270 e. The predicted molar refractivity (Wildman–Crippen MR) is 49.3 cm³/mol. The number of thiazole rings is 1. The van der Waals surface area contributed by atoms with Crippen molar-refractivity contribution in [2.24, 2.45) is 5.92 Å². The van der Waals surface area contributed by atoms with E-state index in [1.165, 1.54) is 11.3 Å². The first-order valence-corrected chi connectivity index (χ1v) is 4.81. The Hall–Kier alpha value is -0.900. The first-order valence-electron chi connectivity index (χ1n) is 3.86. The Morgan fingerprint density at radius 2 is 2.50 bits per heavy atom. The van der Waals surface area contributed by atoms with E-state index in [1.54, 1.807) is 10.9 Å². The summed E-state index contributed by atoms with van der Waals surface area (Å²) in [6, 6.07) is 0. The Labute approximate surface area is 75.8 Å². The lowest BCUT2D eigenvalue weighted by molar-refractivity contribution is 0.0944. The minimum atomic E-state index is -0.0787. The molecule has 66 valence electrons. The molecule has 3 nitrogen and oxygen atoms in total. The molecule has 1 heterocycles. The summed E-state index contributed by atoms with van der Waals surface area (Å²) in [4.78, 5) is 15.1. The first kappa shape index (κ1) is 9.19. The molecule has 0 saturated carbocycles. The number of carbonyl (C=O) groups excluding carboxylic acids is 1. The van der Waals surface area contributed by atoms with Gasteiger partial charge in [-0.1, -0.05) is 13.8 Å². The van der Waals surface area contributed by atoms with Gasteiger partial charge in [0, 0.05) is 11.9 Å². The average molecular weight is 184 g/mol. The van der Waals surface area contributed by atoms with Crippen LogP contribution in [0.15, 0.2) is 10.9 Å². The third-order valence-corrected chi connectivity index (χ3v) is 1.92. The summed E-state index contributed by atoms with van der Waals surface area (Å²) in [6.45, 7) is 4.82. The average Bonchev–Trinajstić information content (AvgIpc) is 2.51. The molecule has 12 heavy (non-hydrogen) atoms. The molecule has 1 rings (SSSR count). The van der Waals surface area contributed by atoms with Crippen molar-refractivity contribution in [2.75, 3.05) is 6.54 Å². The molecule has 0 aromatic carbocycles. The molecule has 1 aromatic heterocycles. The maximum atomic E-state index is 11.2. The second-order valence-electron chi connectivity index (χ2n) is 2.98. The smallest absolute Gasteiger partial charge is 0.270 e. The highest BCUT2D eigenvalue weighted by Gasteiger charge is 2.06. The minimum Gasteiger partial charge on any atom is -0.350 e. The number of hydrogen-bond acceptors (Lipinski definition) is 3. The molecule has 0 atom stereocenters. The van der Waals surface area contributed by atoms with Crippen molar-refractivity contribution in [1.29, 1.82) is 0 Å². The first-order chi connectivity index (χ1) is 5.70. The minimum absolute atomic E-state index is 0.0787. The molecule has 4 heteroatoms. The van der Waals surface area contributed by atoms with E-state index < -0.39 is 0 Å². The van der Waals surface area contributed by atoms with Gasteiger partial charge in [0.05, 0.1) is 5.51 Å². The van der Waals surface area contributed by atoms with Crippen LogP contribution in [0.5, 0.6) is 0 Å². The fourth-order valence-electron chi connectivity index (χ4n) is 0.712. The van der Waals surface area contributed by atoms with Crippen LogP contribution in [-0.4, -0.2) is 17.4 Å². The van der Waals surface area contributed by atoms with Crippen LogP contribution in [0.4, 0.5) is 0 Å². The van der Waals surface area contributed by atoms with Crippen LogP contribution in [0, 0.1) is 5.92 Å². The number of carbonyl (C=O) groups is 1. The van der Waals surface area contributed by atoms with Crippen LogP contribution >= 0.6 is 11.3 Å². The standard InChI is InChI=1S/C8H12N2OS/c1-6(2)3-9-8(11)7-4-12-5-10-7/h4-6H,3H2,1-2H3,(H,9,11). The lowest BCUT2D eigenvalue weighted by atomic mass is 10.2. The van der Waals surface area contributed by atoms with Gasteiger partial charge < -0.3 is 5.32 Å². The number of amides is 1. The lowest BCUT2D eigenvalue weighted by Crippen LogP contribution is -2.27. The van der Waals surface area contributed by atoms with Crippen molar-refractivity contribution in [2.45, 2.75) is 13.8 Å². The maximum absolute atomic E-state index is 11.2. The summed E-state index contributed by atoms with van der Waals surface area (Å²) < 4.78 is 0. The number of hydrogen-bond donors (Lipinski definition) is 1. The molecule has 0 bridgehead atoms. The third kappa shape index (κ3) is 2.62. The zero-order chi connectivity index (χ0) is 8.97. The van der Waals surface area contributed by atoms with Crippen molar-refractivity contribution in [3.05, 3.63) is 16.6 Å². The summed E-state index contributed by atoms with van der Waals surface area (Å²) in [6.07, 6.45) is 0. The third-order valence-electron chi connectivity index (χ3n) is 1.34. The number of aromatic nitrogens is 1. The van der Waals surface area contributed by atoms with Crippen molar-refractivity contribution < 1.29 is 4.79 Å². The molecule has 1 N–H and O–H groups in total. The van der Waals surface area contributed by atoms with E-state index in [2.05, 4.69) is 24.1 Å². The number of nitrogens with one attached hydrogen (secondary N) is 1. The monoisotopic (exact) mass is 184 g/mol. The molecule has 1 aromatic rings. The lowest BCUT2D eigenvalue weighted by Gasteiger charge is -2.04. The van der Waals surface area contributed by atoms with E-state index in [1.807, 2.05) is 0 Å². The van der Waals surface area contributed by atoms with Gasteiger partial charge in [0.25, 0.3) is 5.91 Å². The molecule has 0 radical (unpaired) electrons. The van der Waals surface area contributed by atoms with Crippen LogP contribution in [-0.2, 0) is 0 Å². The summed E-state index contributed by atoms with van der Waals surface area (Å²) in [5.41, 5.74) is 2.17. The van der Waals surface area contributed by atoms with Crippen molar-refractivity contribution in [3.8, 4) is 0 Å². The van der Waals surface area contributed by atoms with Crippen LogP contribution < -0.4 is 5.32 Å². The van der Waals surface area contributed by atoms with Crippen LogP contribution in [0.25, 0.3) is 0 Å². The molecule has 0 unspecified atom stereocenters. The van der Waals surface area contributed by atoms with Gasteiger partial charge in [-0.15, -0.1) is 11.3 Å². The zero-order valence-corrected chi connectivity index (χ0v) is 8.02. The van der Waals surface area contributed by atoms with E-state index in [-0.39, 0.29) is 5.91 Å². The number of rotatable bonds is 3. The Balaban J connectivity index is 2.40. The molecular formula is C8H12N2OS. The highest BCUT2D eigenvalue weighted by Crippen LogP contribution is 2.00. The SMILES string of the molecule is CC(C)CNC(=O)c1cscn1. The molecular weight excluding hydrogens is 172 g/mol. The van der Waals surface area contributed by atoms with Gasteiger partial charge in [0.15, 0.2) is 0 Å². The van der Waals surface area contributed by atoms with Crippen molar-refractivity contribution in [3.63, 3.8) is 0 Å². The van der Waals surface area contributed by atoms with Gasteiger partial charge in [-0.3, -0.25) is 4.79 Å². The fraction of sp³-hybridized carbons (Fsp3) is 0.500. The summed E-state index contributed by atoms with van der Waals surface area (Å²) in [7, 11) is 0. The Kier molecular flexibility index (Phi) is 3.22. The predicted octanol–water partition coefficient (Wildman–Crippen LogP) is 1.53. The molecule has 0 saturated heterocycles. The molecule has 0 aliphatic carbocycles. The summed E-state index contributed by atoms with van der Waals surface area (Å²) in [5, 5.41) is 4.54. The molecule has 0 aliphatic heterocycles. The van der Waals surface area contributed by atoms with Crippen LogP contribution in [0.3, 0.4) is 0 Å². The van der Waals surface area contributed by atoms with Crippen LogP contribution in [0.1, 0.15) is 24.3 Å². The fourth-order valence-corrected chi connectivity index (χ4v) is 1.24. The van der Waals surface area contributed by atoms with E-state index in [9.17, 15) is 4.79 Å². The van der Waals surface area contributed by atoms with Gasteiger partial charge in [-0.2, -0.15) is 0 Å². The Morgan fingerprint density at radius 1 is 1.75 bits per heavy atom. The summed E-state index contributed by atoms with van der Waals surface area (Å²) >= 11 is 1.43. The van der Waals surface area contributed by atoms with Crippen LogP contribution in [0.2, 0.25) is 0 Å². The van der Waals surface area contributed by atoms with E-state index in [0.29, 0.717) is 18.2 Å². The van der Waals surface area contributed by atoms with Crippen molar-refractivity contribution >= 4 is 17.2 Å². The van der Waals surface area contributed by atoms with Crippen molar-refractivity contribution in [1.82, 2.24) is 10.3 Å². The molecule has 0 spiro atoms. The van der Waals surface area contributed by atoms with Gasteiger partial charge >= 0.3 is 0 Å². The highest BCUT2D eigenvalue weighted by atomic mass is 32.1. The zero-order valence-electron chi connectivity index (χ0n) is 7.20. The van der Waals surface area contributed by atoms with E-state index in [4.69, 9.17) is 0 Å². The van der Waals surface area contributed by atoms with Gasteiger partial charge in [0.2, 0.25) is 0 Å². The Morgan fingerprint density at radius 3 is 3.00 bits per heavy atom.